The number of hydrogen-bond donors (Lipinski definition) is 2. The number of nitrogens with one attached hydrogen (secondary N) is 1. The minimum Gasteiger partial charge on any atom is -0.478 e. The Bertz CT molecular complexity index is 751. The first-order valence-electron chi connectivity index (χ1n) is 5.88. The van der Waals surface area contributed by atoms with Crippen molar-refractivity contribution in [3.05, 3.63) is 51.9 Å². The first-order valence-corrected chi connectivity index (χ1v) is 6.76. The van der Waals surface area contributed by atoms with Crippen LogP contribution in [0.15, 0.2) is 41.8 Å². The number of rotatable bonds is 5. The number of hydrogen-bond acceptors (Lipinski definition) is 6. The van der Waals surface area contributed by atoms with Gasteiger partial charge in [-0.1, -0.05) is 0 Å². The average Bonchev–Trinajstić information content (AvgIpc) is 2.93. The maximum Gasteiger partial charge on any atom is 0.328 e. The van der Waals surface area contributed by atoms with Gasteiger partial charge in [0.25, 0.3) is 5.69 Å². The number of benzene rings is 1. The average molecular weight is 319 g/mol. The lowest BCUT2D eigenvalue weighted by atomic mass is 10.1. The van der Waals surface area contributed by atoms with E-state index in [0.717, 1.165) is 23.5 Å². The van der Waals surface area contributed by atoms with Crippen molar-refractivity contribution in [3.63, 3.8) is 0 Å². The molecule has 112 valence electrons. The summed E-state index contributed by atoms with van der Waals surface area (Å²) in [6, 6.07) is 5.84. The Labute approximate surface area is 127 Å². The molecule has 9 heteroatoms. The molecule has 0 fully saturated rings. The topological polar surface area (TPSA) is 122 Å². The number of amides is 1. The Kier molecular flexibility index (Phi) is 4.59. The Morgan fingerprint density at radius 2 is 1.95 bits per heavy atom. The molecule has 1 aromatic carbocycles. The molecule has 0 saturated carbocycles. The molecule has 0 unspecified atom stereocenters. The third-order valence-electron chi connectivity index (χ3n) is 2.49. The van der Waals surface area contributed by atoms with Gasteiger partial charge in [-0.2, -0.15) is 0 Å². The van der Waals surface area contributed by atoms with Gasteiger partial charge < -0.3 is 5.11 Å². The number of carboxylic acid groups (broad SMARTS) is 1. The highest BCUT2D eigenvalue weighted by Gasteiger charge is 2.09. The van der Waals surface area contributed by atoms with Crippen molar-refractivity contribution in [3.8, 4) is 11.3 Å². The zero-order valence-electron chi connectivity index (χ0n) is 10.9. The van der Waals surface area contributed by atoms with Crippen LogP contribution in [0.3, 0.4) is 0 Å². The number of thiazole rings is 1. The molecule has 0 radical (unpaired) electrons. The van der Waals surface area contributed by atoms with Crippen LogP contribution in [0, 0.1) is 10.1 Å². The van der Waals surface area contributed by atoms with E-state index in [-0.39, 0.29) is 5.69 Å². The quantitative estimate of drug-likeness (QED) is 0.495. The normalized spacial score (nSPS) is 10.5. The summed E-state index contributed by atoms with van der Waals surface area (Å²) in [5, 5.41) is 23.4. The first-order chi connectivity index (χ1) is 10.5. The summed E-state index contributed by atoms with van der Waals surface area (Å²) in [5.41, 5.74) is 1.20. The molecule has 0 atom stereocenters. The molecule has 0 aliphatic heterocycles. The van der Waals surface area contributed by atoms with Gasteiger partial charge in [0.2, 0.25) is 5.91 Å². The summed E-state index contributed by atoms with van der Waals surface area (Å²) in [4.78, 5) is 35.9. The number of nitro benzene ring substituents is 1. The van der Waals surface area contributed by atoms with Gasteiger partial charge in [0, 0.05) is 35.2 Å². The second kappa shape index (κ2) is 6.59. The lowest BCUT2D eigenvalue weighted by molar-refractivity contribution is -0.384. The highest BCUT2D eigenvalue weighted by molar-refractivity contribution is 7.14. The fraction of sp³-hybridized carbons (Fsp3) is 0. The minimum absolute atomic E-state index is 0.0219. The van der Waals surface area contributed by atoms with Crippen LogP contribution < -0.4 is 5.32 Å². The summed E-state index contributed by atoms with van der Waals surface area (Å²) < 4.78 is 0. The molecule has 1 heterocycles. The summed E-state index contributed by atoms with van der Waals surface area (Å²) in [6.45, 7) is 0. The molecule has 0 saturated heterocycles. The monoisotopic (exact) mass is 319 g/mol. The van der Waals surface area contributed by atoms with Crippen LogP contribution >= 0.6 is 11.3 Å². The molecule has 2 rings (SSSR count). The maximum absolute atomic E-state index is 11.4. The van der Waals surface area contributed by atoms with Crippen molar-refractivity contribution in [1.82, 2.24) is 4.98 Å². The van der Waals surface area contributed by atoms with Crippen LogP contribution in [0.2, 0.25) is 0 Å². The van der Waals surface area contributed by atoms with Crippen molar-refractivity contribution < 1.29 is 19.6 Å². The first kappa shape index (κ1) is 15.3. The Hall–Kier alpha value is -3.07. The van der Waals surface area contributed by atoms with E-state index < -0.39 is 16.8 Å². The van der Waals surface area contributed by atoms with E-state index in [1.807, 2.05) is 0 Å². The number of nitrogens with zero attached hydrogens (tertiary/aromatic N) is 2. The van der Waals surface area contributed by atoms with Gasteiger partial charge in [0.15, 0.2) is 5.13 Å². The van der Waals surface area contributed by atoms with Crippen molar-refractivity contribution in [2.45, 2.75) is 0 Å². The predicted octanol–water partition coefficient (Wildman–Crippen LogP) is 2.30. The summed E-state index contributed by atoms with van der Waals surface area (Å²) in [5.74, 6) is -1.83. The third-order valence-corrected chi connectivity index (χ3v) is 3.24. The van der Waals surface area contributed by atoms with Crippen molar-refractivity contribution in [2.75, 3.05) is 5.32 Å². The number of non-ortho nitro benzene ring substituents is 1. The molecule has 0 aliphatic rings. The summed E-state index contributed by atoms with van der Waals surface area (Å²) >= 11 is 1.16. The van der Waals surface area contributed by atoms with E-state index in [4.69, 9.17) is 5.11 Å². The van der Waals surface area contributed by atoms with Crippen molar-refractivity contribution in [2.24, 2.45) is 0 Å². The van der Waals surface area contributed by atoms with Gasteiger partial charge in [-0.05, 0) is 12.1 Å². The fourth-order valence-corrected chi connectivity index (χ4v) is 2.23. The maximum atomic E-state index is 11.4. The summed E-state index contributed by atoms with van der Waals surface area (Å²) in [7, 11) is 0. The van der Waals surface area contributed by atoms with E-state index in [1.165, 1.54) is 12.1 Å². The molecule has 1 aromatic heterocycles. The van der Waals surface area contributed by atoms with Crippen LogP contribution in [0.1, 0.15) is 0 Å². The smallest absolute Gasteiger partial charge is 0.328 e. The van der Waals surface area contributed by atoms with E-state index in [0.29, 0.717) is 16.4 Å². The van der Waals surface area contributed by atoms with Crippen LogP contribution in [0.25, 0.3) is 11.3 Å². The fourth-order valence-electron chi connectivity index (χ4n) is 1.51. The second-order valence-corrected chi connectivity index (χ2v) is 4.86. The number of nitro groups is 1. The number of carbonyl (C=O) groups is 2. The number of carboxylic acids is 1. The van der Waals surface area contributed by atoms with Gasteiger partial charge in [0.1, 0.15) is 0 Å². The third kappa shape index (κ3) is 3.96. The number of aliphatic carboxylic acids is 1. The van der Waals surface area contributed by atoms with Gasteiger partial charge in [-0.15, -0.1) is 11.3 Å². The van der Waals surface area contributed by atoms with Crippen LogP contribution in [0.4, 0.5) is 10.8 Å². The zero-order chi connectivity index (χ0) is 16.1. The predicted molar refractivity (Wildman–Crippen MR) is 79.6 cm³/mol. The van der Waals surface area contributed by atoms with Crippen LogP contribution in [-0.4, -0.2) is 26.9 Å². The largest absolute Gasteiger partial charge is 0.478 e. The summed E-state index contributed by atoms with van der Waals surface area (Å²) in [6.07, 6.45) is 1.61. The van der Waals surface area contributed by atoms with Crippen molar-refractivity contribution >= 4 is 34.0 Å². The van der Waals surface area contributed by atoms with E-state index >= 15 is 0 Å². The Morgan fingerprint density at radius 1 is 1.27 bits per heavy atom. The van der Waals surface area contributed by atoms with Gasteiger partial charge in [-0.25, -0.2) is 9.78 Å². The highest BCUT2D eigenvalue weighted by atomic mass is 32.1. The van der Waals surface area contributed by atoms with E-state index in [1.54, 1.807) is 17.5 Å². The molecule has 0 aliphatic carbocycles. The lowest BCUT2D eigenvalue weighted by Gasteiger charge is -1.97. The minimum atomic E-state index is -1.22. The molecule has 22 heavy (non-hydrogen) atoms. The Balaban J connectivity index is 2.09. The zero-order valence-corrected chi connectivity index (χ0v) is 11.7. The van der Waals surface area contributed by atoms with E-state index in [9.17, 15) is 19.7 Å². The highest BCUT2D eigenvalue weighted by Crippen LogP contribution is 2.26. The molecule has 2 N–H and O–H groups in total. The Morgan fingerprint density at radius 3 is 2.55 bits per heavy atom. The molecule has 2 aromatic rings. The van der Waals surface area contributed by atoms with E-state index in [2.05, 4.69) is 10.3 Å². The van der Waals surface area contributed by atoms with Gasteiger partial charge in [0.05, 0.1) is 10.6 Å². The van der Waals surface area contributed by atoms with Crippen LogP contribution in [-0.2, 0) is 9.59 Å². The molecular weight excluding hydrogens is 310 g/mol. The molecule has 0 bridgehead atoms. The molecular formula is C13H9N3O5S. The molecule has 0 spiro atoms. The number of aromatic nitrogens is 1. The standard InChI is InChI=1S/C13H9N3O5S/c17-11(5-6-12(18)19)15-13-14-10(7-22-13)8-1-3-9(4-2-8)16(20)21/h1-7H,(H,18,19)(H,14,15,17)/b6-5+. The SMILES string of the molecule is O=C(O)/C=C/C(=O)Nc1nc(-c2ccc([N+](=O)[O-])cc2)cs1. The number of anilines is 1. The van der Waals surface area contributed by atoms with Crippen molar-refractivity contribution in [1.29, 1.82) is 0 Å². The van der Waals surface area contributed by atoms with Crippen LogP contribution in [0.5, 0.6) is 0 Å². The number of carbonyl (C=O) groups excluding carboxylic acids is 1. The lowest BCUT2D eigenvalue weighted by Crippen LogP contribution is -2.08. The second-order valence-electron chi connectivity index (χ2n) is 4.00. The van der Waals surface area contributed by atoms with Gasteiger partial charge in [-0.3, -0.25) is 20.2 Å². The molecule has 8 nitrogen and oxygen atoms in total. The molecule has 1 amide bonds. The van der Waals surface area contributed by atoms with Gasteiger partial charge >= 0.3 is 5.97 Å².